The lowest BCUT2D eigenvalue weighted by molar-refractivity contribution is -0.142. The highest BCUT2D eigenvalue weighted by Gasteiger charge is 2.63. The molecular formula is C69H99ClN10O12S2. The summed E-state index contributed by atoms with van der Waals surface area (Å²) in [6.45, 7) is 4.14. The number of hydrogen-bond donors (Lipinski definition) is 3. The first-order valence-electron chi connectivity index (χ1n) is 33.8. The number of allylic oxidation sites excluding steroid dienone is 4. The van der Waals surface area contributed by atoms with E-state index in [1.165, 1.54) is 64.3 Å². The Morgan fingerprint density at radius 2 is 1.02 bits per heavy atom. The lowest BCUT2D eigenvalue weighted by Crippen LogP contribution is -2.47. The van der Waals surface area contributed by atoms with Crippen molar-refractivity contribution in [1.29, 1.82) is 0 Å². The number of amides is 4. The van der Waals surface area contributed by atoms with Gasteiger partial charge >= 0.3 is 20.4 Å². The molecule has 94 heavy (non-hydrogen) atoms. The number of carbonyl (C=O) groups excluding carboxylic acids is 6. The van der Waals surface area contributed by atoms with E-state index in [1.807, 2.05) is 74.5 Å². The van der Waals surface area contributed by atoms with Crippen LogP contribution in [0, 0.1) is 34.5 Å². The van der Waals surface area contributed by atoms with Gasteiger partial charge < -0.3 is 24.2 Å². The van der Waals surface area contributed by atoms with Gasteiger partial charge in [0, 0.05) is 84.3 Å². The van der Waals surface area contributed by atoms with E-state index >= 15 is 0 Å². The summed E-state index contributed by atoms with van der Waals surface area (Å²) in [6, 6.07) is 16.0. The van der Waals surface area contributed by atoms with Crippen molar-refractivity contribution in [2.75, 3.05) is 41.3 Å². The smallest absolute Gasteiger partial charge is 0.303 e. The molecule has 10 atom stereocenters. The van der Waals surface area contributed by atoms with E-state index in [4.69, 9.17) is 21.3 Å². The zero-order valence-electron chi connectivity index (χ0n) is 54.8. The van der Waals surface area contributed by atoms with Gasteiger partial charge in [0.05, 0.1) is 57.6 Å². The molecule has 2 aromatic heterocycles. The third-order valence-corrected chi connectivity index (χ3v) is 23.8. The van der Waals surface area contributed by atoms with Crippen LogP contribution in [0.4, 0.5) is 0 Å². The normalized spacial score (nSPS) is 29.8. The molecule has 6 heterocycles. The summed E-state index contributed by atoms with van der Waals surface area (Å²) in [6.07, 6.45) is 25.9. The average Bonchev–Trinajstić information content (AvgIpc) is 1.54. The van der Waals surface area contributed by atoms with Crippen molar-refractivity contribution >= 4 is 89.3 Å². The molecule has 12 rings (SSSR count). The molecule has 516 valence electrons. The van der Waals surface area contributed by atoms with Crippen molar-refractivity contribution < 1.29 is 55.4 Å². The number of aromatic nitrogens is 4. The molecule has 4 aromatic rings. The molecule has 0 unspecified atom stereocenters. The minimum Gasteiger partial charge on any atom is -0.459 e. The molecule has 4 aliphatic carbocycles. The summed E-state index contributed by atoms with van der Waals surface area (Å²) < 4.78 is 66.8. The Balaban J connectivity index is 0.000000186. The zero-order valence-corrected chi connectivity index (χ0v) is 57.2. The number of carbonyl (C=O) groups is 6. The van der Waals surface area contributed by atoms with Crippen molar-refractivity contribution in [3.63, 3.8) is 0 Å². The molecule has 8 aliphatic rings. The summed E-state index contributed by atoms with van der Waals surface area (Å²) in [5.74, 6) is -3.10. The Kier molecular flexibility index (Phi) is 23.5. The molecule has 4 amide bonds. The van der Waals surface area contributed by atoms with Crippen LogP contribution in [0.25, 0.3) is 22.1 Å². The topological polar surface area (TPSA) is 273 Å². The maximum absolute atomic E-state index is 14.2. The SMILES string of the molecule is C.C[C@H]1CCCCC/C=C\[C@@H]2C[C@@]2(C(=O)NS(=O)(=O)N(C)C)CC(=O)[C@@H]2C[C@@H](O)CN2C1=O.C[C@H]1CCCCC/C=C\[C@@H]2C[C@@]2(C(=O)NS(=O)(=O)N(C)C)CC(=O)[C@@H]2C[C@@H](Oc3nc4ccccc4n3C3CCCC3)CN2C1=O.Clc1nc2ccccc2n1C1CCCC1. The van der Waals surface area contributed by atoms with Gasteiger partial charge in [0.25, 0.3) is 6.01 Å². The fourth-order valence-electron chi connectivity index (χ4n) is 14.9. The summed E-state index contributed by atoms with van der Waals surface area (Å²) in [5.41, 5.74) is 1.74. The van der Waals surface area contributed by atoms with Crippen molar-refractivity contribution in [3.05, 3.63) is 78.1 Å². The predicted molar refractivity (Wildman–Crippen MR) is 361 cm³/mol. The number of ether oxygens (including phenoxy) is 1. The number of para-hydroxylation sites is 4. The minimum atomic E-state index is -4.04. The van der Waals surface area contributed by atoms with Crippen LogP contribution in [0.15, 0.2) is 72.8 Å². The molecule has 0 radical (unpaired) electrons. The van der Waals surface area contributed by atoms with E-state index in [0.717, 1.165) is 115 Å². The predicted octanol–water partition coefficient (Wildman–Crippen LogP) is 9.98. The second-order valence-corrected chi connectivity index (χ2v) is 31.9. The van der Waals surface area contributed by atoms with Crippen molar-refractivity contribution in [2.45, 2.75) is 212 Å². The highest BCUT2D eigenvalue weighted by Crippen LogP contribution is 2.58. The molecule has 4 saturated carbocycles. The van der Waals surface area contributed by atoms with E-state index < -0.39 is 67.4 Å². The third-order valence-electron chi connectivity index (χ3n) is 20.8. The summed E-state index contributed by atoms with van der Waals surface area (Å²) in [7, 11) is -2.68. The van der Waals surface area contributed by atoms with Crippen LogP contribution in [0.3, 0.4) is 0 Å². The van der Waals surface area contributed by atoms with Gasteiger partial charge in [-0.1, -0.05) is 121 Å². The number of Topliss-reactive ketones (excluding diaryl/α,β-unsaturated/α-hetero) is 2. The fourth-order valence-corrected chi connectivity index (χ4v) is 16.5. The fraction of sp³-hybridized carbons (Fsp3) is 0.652. The van der Waals surface area contributed by atoms with Crippen LogP contribution in [0.1, 0.15) is 187 Å². The second-order valence-electron chi connectivity index (χ2n) is 27.8. The number of halogens is 1. The molecule has 25 heteroatoms. The van der Waals surface area contributed by atoms with Crippen LogP contribution in [0.2, 0.25) is 5.28 Å². The van der Waals surface area contributed by atoms with Crippen LogP contribution in [0.5, 0.6) is 6.01 Å². The van der Waals surface area contributed by atoms with E-state index in [1.54, 1.807) is 4.90 Å². The van der Waals surface area contributed by atoms with Gasteiger partial charge in [-0.25, -0.2) is 14.4 Å². The molecule has 6 fully saturated rings. The first-order valence-corrected chi connectivity index (χ1v) is 37.0. The Morgan fingerprint density at radius 1 is 0.596 bits per heavy atom. The standard InChI is InChI=1S/C34H47N5O6S.C22H35N3O6S.C12H13ClN2.CH4/c1-23-13-7-5-4-6-8-14-24-20-34(24,32(42)36-46(43,44)37(2)3)21-30(40)29-19-26(22-38(29)31(23)41)45-33-35-27-17-11-12-18-28(27)39(33)25-15-9-10-16-25;1-15-9-7-5-4-6-8-10-16-12-22(16,21(29)23-32(30,31)24(2)3)13-19(27)18-11-17(26)14-25(18)20(15)28;13-12-14-10-7-3-4-8-11(10)15(12)9-5-1-2-6-9;/h8,11-12,14,17-18,23-26,29H,4-7,9-10,13,15-16,19-22H2,1-3H3,(H,36,42);8,10,15-18,26H,4-7,9,11-14H2,1-3H3,(H,23,29);3-4,7-9H,1-2,5-6H2;1H4/b14-8-;10-8-;;/t23-,24+,26+,29-,34+;15-,16+,17+,18-,22+;;/m00../s1. The largest absolute Gasteiger partial charge is 0.459 e. The Morgan fingerprint density at radius 3 is 1.51 bits per heavy atom. The Bertz CT molecular complexity index is 3690. The molecule has 4 aliphatic heterocycles. The number of nitrogens with zero attached hydrogens (tertiary/aromatic N) is 8. The van der Waals surface area contributed by atoms with Crippen LogP contribution < -0.4 is 14.2 Å². The second kappa shape index (κ2) is 30.6. The number of imidazole rings is 2. The van der Waals surface area contributed by atoms with Gasteiger partial charge in [-0.3, -0.25) is 33.3 Å². The number of ketones is 2. The lowest BCUT2D eigenvalue weighted by atomic mass is 9.91. The van der Waals surface area contributed by atoms with Gasteiger partial charge in [0.15, 0.2) is 11.6 Å². The Hall–Kier alpha value is -6.05. The number of aliphatic hydroxyl groups excluding tert-OH is 1. The highest BCUT2D eigenvalue weighted by atomic mass is 35.5. The van der Waals surface area contributed by atoms with Crippen molar-refractivity contribution in [1.82, 2.24) is 47.0 Å². The van der Waals surface area contributed by atoms with Gasteiger partial charge in [0.2, 0.25) is 28.9 Å². The number of aliphatic hydroxyl groups is 1. The van der Waals surface area contributed by atoms with E-state index in [2.05, 4.69) is 35.7 Å². The zero-order chi connectivity index (χ0) is 66.6. The minimum absolute atomic E-state index is 0. The van der Waals surface area contributed by atoms with Crippen LogP contribution in [-0.4, -0.2) is 160 Å². The molecule has 0 spiro atoms. The first-order chi connectivity index (χ1) is 44.3. The van der Waals surface area contributed by atoms with Gasteiger partial charge in [-0.15, -0.1) is 0 Å². The molecule has 3 N–H and O–H groups in total. The number of hydrogen-bond acceptors (Lipinski definition) is 14. The van der Waals surface area contributed by atoms with Gasteiger partial charge in [0.1, 0.15) is 6.10 Å². The molecule has 2 aromatic carbocycles. The number of benzene rings is 2. The molecule has 22 nitrogen and oxygen atoms in total. The summed E-state index contributed by atoms with van der Waals surface area (Å²) >= 11 is 6.20. The van der Waals surface area contributed by atoms with Crippen LogP contribution >= 0.6 is 11.6 Å². The van der Waals surface area contributed by atoms with Gasteiger partial charge in [-0.2, -0.15) is 30.4 Å². The molecule has 0 bridgehead atoms. The van der Waals surface area contributed by atoms with E-state index in [-0.39, 0.29) is 92.9 Å². The Labute approximate surface area is 560 Å². The molecule has 2 saturated heterocycles. The number of fused-ring (bicyclic) bond motifs is 6. The average molecular weight is 1360 g/mol. The summed E-state index contributed by atoms with van der Waals surface area (Å²) in [4.78, 5) is 93.4. The van der Waals surface area contributed by atoms with Crippen molar-refractivity contribution in [3.8, 4) is 6.01 Å². The maximum Gasteiger partial charge on any atom is 0.303 e. The van der Waals surface area contributed by atoms with Crippen molar-refractivity contribution in [2.24, 2.45) is 34.5 Å². The van der Waals surface area contributed by atoms with E-state index in [0.29, 0.717) is 36.6 Å². The summed E-state index contributed by atoms with van der Waals surface area (Å²) in [5, 5.41) is 10.8. The monoisotopic (exact) mass is 1360 g/mol. The van der Waals surface area contributed by atoms with Crippen LogP contribution in [-0.2, 0) is 49.2 Å². The quantitative estimate of drug-likeness (QED) is 0.125. The third kappa shape index (κ3) is 16.2. The lowest BCUT2D eigenvalue weighted by Gasteiger charge is -2.28. The molecular weight excluding hydrogens is 1260 g/mol. The number of rotatable bonds is 10. The highest BCUT2D eigenvalue weighted by molar-refractivity contribution is 7.88. The number of nitrogens with one attached hydrogen (secondary N) is 2. The first kappa shape index (κ1) is 72.2. The van der Waals surface area contributed by atoms with Gasteiger partial charge in [-0.05, 0) is 125 Å². The maximum atomic E-state index is 14.2. The van der Waals surface area contributed by atoms with E-state index in [9.17, 15) is 50.7 Å².